The van der Waals surface area contributed by atoms with E-state index in [1.165, 1.54) is 0 Å². The summed E-state index contributed by atoms with van der Waals surface area (Å²) in [6.07, 6.45) is 7.25. The molecule has 2 aromatic rings. The fraction of sp³-hybridized carbons (Fsp3) is 0.571. The van der Waals surface area contributed by atoms with Crippen molar-refractivity contribution in [1.29, 1.82) is 0 Å². The molecule has 1 saturated heterocycles. The van der Waals surface area contributed by atoms with Gasteiger partial charge in [0.2, 0.25) is 0 Å². The molecule has 0 bridgehead atoms. The van der Waals surface area contributed by atoms with Gasteiger partial charge in [-0.2, -0.15) is 5.10 Å². The fourth-order valence-electron chi connectivity index (χ4n) is 2.64. The number of rotatable bonds is 5. The van der Waals surface area contributed by atoms with Crippen molar-refractivity contribution in [3.8, 4) is 0 Å². The summed E-state index contributed by atoms with van der Waals surface area (Å²) in [5.41, 5.74) is 0.998. The first-order chi connectivity index (χ1) is 10.3. The molecule has 0 radical (unpaired) electrons. The maximum absolute atomic E-state index is 4.27. The highest BCUT2D eigenvalue weighted by Crippen LogP contribution is 2.15. The largest absolute Gasteiger partial charge is 0.367 e. The predicted molar refractivity (Wildman–Crippen MR) is 79.9 cm³/mol. The highest BCUT2D eigenvalue weighted by atomic mass is 15.3. The van der Waals surface area contributed by atoms with E-state index >= 15 is 0 Å². The van der Waals surface area contributed by atoms with Crippen molar-refractivity contribution in [2.24, 2.45) is 0 Å². The molecule has 7 heteroatoms. The zero-order valence-electron chi connectivity index (χ0n) is 12.3. The van der Waals surface area contributed by atoms with Gasteiger partial charge < -0.3 is 10.2 Å². The van der Waals surface area contributed by atoms with Crippen LogP contribution in [0.5, 0.6) is 0 Å². The van der Waals surface area contributed by atoms with Crippen molar-refractivity contribution in [3.63, 3.8) is 0 Å². The van der Waals surface area contributed by atoms with Crippen LogP contribution in [-0.2, 0) is 6.54 Å². The molecule has 0 unspecified atom stereocenters. The van der Waals surface area contributed by atoms with Gasteiger partial charge in [-0.15, -0.1) is 0 Å². The van der Waals surface area contributed by atoms with Gasteiger partial charge >= 0.3 is 0 Å². The van der Waals surface area contributed by atoms with Gasteiger partial charge in [0.05, 0.1) is 6.54 Å². The molecule has 3 heterocycles. The van der Waals surface area contributed by atoms with Gasteiger partial charge in [0.25, 0.3) is 0 Å². The zero-order chi connectivity index (χ0) is 14.5. The molecule has 0 spiro atoms. The highest BCUT2D eigenvalue weighted by molar-refractivity contribution is 5.35. The van der Waals surface area contributed by atoms with Crippen molar-refractivity contribution in [2.45, 2.75) is 32.4 Å². The molecular weight excluding hydrogens is 266 g/mol. The van der Waals surface area contributed by atoms with Gasteiger partial charge in [-0.25, -0.2) is 15.0 Å². The SMILES string of the molecule is Cc1cc(NC2CCN(CCn3cncn3)CC2)ncn1. The normalized spacial score (nSPS) is 17.0. The van der Waals surface area contributed by atoms with Crippen LogP contribution in [-0.4, -0.2) is 55.3 Å². The summed E-state index contributed by atoms with van der Waals surface area (Å²) >= 11 is 0. The van der Waals surface area contributed by atoms with Crippen LogP contribution >= 0.6 is 0 Å². The van der Waals surface area contributed by atoms with Crippen LogP contribution in [0.1, 0.15) is 18.5 Å². The fourth-order valence-corrected chi connectivity index (χ4v) is 2.64. The number of nitrogens with one attached hydrogen (secondary N) is 1. The summed E-state index contributed by atoms with van der Waals surface area (Å²) in [7, 11) is 0. The van der Waals surface area contributed by atoms with E-state index in [-0.39, 0.29) is 0 Å². The summed E-state index contributed by atoms with van der Waals surface area (Å²) in [5, 5.41) is 7.64. The maximum Gasteiger partial charge on any atom is 0.137 e. The van der Waals surface area contributed by atoms with E-state index in [0.717, 1.165) is 50.5 Å². The molecule has 7 nitrogen and oxygen atoms in total. The summed E-state index contributed by atoms with van der Waals surface area (Å²) in [6.45, 7) is 6.14. The van der Waals surface area contributed by atoms with Crippen molar-refractivity contribution in [2.75, 3.05) is 25.0 Å². The first kappa shape index (κ1) is 13.9. The van der Waals surface area contributed by atoms with Crippen LogP contribution < -0.4 is 5.32 Å². The number of hydrogen-bond donors (Lipinski definition) is 1. The van der Waals surface area contributed by atoms with Crippen LogP contribution in [0.3, 0.4) is 0 Å². The molecule has 1 fully saturated rings. The van der Waals surface area contributed by atoms with E-state index in [2.05, 4.69) is 30.3 Å². The van der Waals surface area contributed by atoms with Crippen molar-refractivity contribution < 1.29 is 0 Å². The number of nitrogens with zero attached hydrogens (tertiary/aromatic N) is 6. The van der Waals surface area contributed by atoms with Gasteiger partial charge in [-0.3, -0.25) is 4.68 Å². The van der Waals surface area contributed by atoms with Crippen LogP contribution in [0, 0.1) is 6.92 Å². The lowest BCUT2D eigenvalue weighted by atomic mass is 10.1. The third kappa shape index (κ3) is 3.98. The van der Waals surface area contributed by atoms with Gasteiger partial charge in [-0.1, -0.05) is 0 Å². The highest BCUT2D eigenvalue weighted by Gasteiger charge is 2.19. The molecule has 0 atom stereocenters. The van der Waals surface area contributed by atoms with Crippen LogP contribution in [0.4, 0.5) is 5.82 Å². The van der Waals surface area contributed by atoms with Crippen molar-refractivity contribution in [3.05, 3.63) is 30.7 Å². The Hall–Kier alpha value is -2.02. The monoisotopic (exact) mass is 287 g/mol. The quantitative estimate of drug-likeness (QED) is 0.883. The molecular formula is C14H21N7. The Labute approximate surface area is 124 Å². The summed E-state index contributed by atoms with van der Waals surface area (Å²) in [6, 6.07) is 2.50. The van der Waals surface area contributed by atoms with E-state index in [0.29, 0.717) is 6.04 Å². The number of aryl methyl sites for hydroxylation is 1. The zero-order valence-corrected chi connectivity index (χ0v) is 12.3. The Morgan fingerprint density at radius 2 is 2.05 bits per heavy atom. The minimum absolute atomic E-state index is 0.502. The van der Waals surface area contributed by atoms with E-state index in [1.807, 2.05) is 17.7 Å². The smallest absolute Gasteiger partial charge is 0.137 e. The van der Waals surface area contributed by atoms with E-state index in [1.54, 1.807) is 19.0 Å². The molecule has 21 heavy (non-hydrogen) atoms. The number of aromatic nitrogens is 5. The molecule has 1 aliphatic rings. The Bertz CT molecular complexity index is 546. The number of hydrogen-bond acceptors (Lipinski definition) is 6. The van der Waals surface area contributed by atoms with E-state index in [4.69, 9.17) is 0 Å². The first-order valence-corrected chi connectivity index (χ1v) is 7.39. The van der Waals surface area contributed by atoms with Gasteiger partial charge in [-0.05, 0) is 19.8 Å². The number of anilines is 1. The Morgan fingerprint density at radius 3 is 2.76 bits per heavy atom. The molecule has 3 rings (SSSR count). The van der Waals surface area contributed by atoms with Gasteiger partial charge in [0, 0.05) is 37.4 Å². The lowest BCUT2D eigenvalue weighted by Gasteiger charge is -2.32. The number of likely N-dealkylation sites (tertiary alicyclic amines) is 1. The molecule has 112 valence electrons. The molecule has 1 N–H and O–H groups in total. The Balaban J connectivity index is 1.42. The predicted octanol–water partition coefficient (Wildman–Crippen LogP) is 0.953. The van der Waals surface area contributed by atoms with Crippen molar-refractivity contribution >= 4 is 5.82 Å². The van der Waals surface area contributed by atoms with Gasteiger partial charge in [0.15, 0.2) is 0 Å². The van der Waals surface area contributed by atoms with E-state index < -0.39 is 0 Å². The Kier molecular flexibility index (Phi) is 4.40. The second-order valence-corrected chi connectivity index (χ2v) is 5.46. The lowest BCUT2D eigenvalue weighted by Crippen LogP contribution is -2.40. The average molecular weight is 287 g/mol. The minimum atomic E-state index is 0.502. The standard InChI is InChI=1S/C14H21N7/c1-12-8-14(17-10-16-12)19-13-2-4-20(5-3-13)6-7-21-11-15-9-18-21/h8-11,13H,2-7H2,1H3,(H,16,17,19). The summed E-state index contributed by atoms with van der Waals surface area (Å²) in [5.74, 6) is 0.934. The Morgan fingerprint density at radius 1 is 1.19 bits per heavy atom. The van der Waals surface area contributed by atoms with Crippen LogP contribution in [0.15, 0.2) is 25.0 Å². The molecule has 2 aromatic heterocycles. The summed E-state index contributed by atoms with van der Waals surface area (Å²) < 4.78 is 1.88. The summed E-state index contributed by atoms with van der Waals surface area (Å²) in [4.78, 5) is 14.8. The first-order valence-electron chi connectivity index (χ1n) is 7.39. The molecule has 1 aliphatic heterocycles. The topological polar surface area (TPSA) is 71.8 Å². The lowest BCUT2D eigenvalue weighted by molar-refractivity contribution is 0.209. The second kappa shape index (κ2) is 6.62. The number of piperidine rings is 1. The second-order valence-electron chi connectivity index (χ2n) is 5.46. The maximum atomic E-state index is 4.27. The average Bonchev–Trinajstić information content (AvgIpc) is 3.00. The van der Waals surface area contributed by atoms with E-state index in [9.17, 15) is 0 Å². The van der Waals surface area contributed by atoms with Crippen LogP contribution in [0.25, 0.3) is 0 Å². The third-order valence-corrected chi connectivity index (χ3v) is 3.86. The minimum Gasteiger partial charge on any atom is -0.367 e. The van der Waals surface area contributed by atoms with Crippen LogP contribution in [0.2, 0.25) is 0 Å². The molecule has 0 aromatic carbocycles. The molecule has 0 aliphatic carbocycles. The third-order valence-electron chi connectivity index (χ3n) is 3.86. The molecule has 0 amide bonds. The van der Waals surface area contributed by atoms with Gasteiger partial charge in [0.1, 0.15) is 24.8 Å². The van der Waals surface area contributed by atoms with Crippen molar-refractivity contribution in [1.82, 2.24) is 29.6 Å². The molecule has 0 saturated carbocycles.